The summed E-state index contributed by atoms with van der Waals surface area (Å²) in [6, 6.07) is 11.8. The Morgan fingerprint density at radius 3 is 2.18 bits per heavy atom. The highest BCUT2D eigenvalue weighted by molar-refractivity contribution is 5.79. The van der Waals surface area contributed by atoms with Crippen LogP contribution in [-0.4, -0.2) is 47.5 Å². The lowest BCUT2D eigenvalue weighted by Gasteiger charge is -2.16. The molecule has 0 saturated carbocycles. The van der Waals surface area contributed by atoms with Gasteiger partial charge in [-0.15, -0.1) is 0 Å². The van der Waals surface area contributed by atoms with Crippen molar-refractivity contribution in [2.24, 2.45) is 4.99 Å². The van der Waals surface area contributed by atoms with Gasteiger partial charge in [0.1, 0.15) is 12.4 Å². The van der Waals surface area contributed by atoms with E-state index in [2.05, 4.69) is 15.6 Å². The molecule has 0 aliphatic rings. The van der Waals surface area contributed by atoms with Crippen LogP contribution in [0.2, 0.25) is 0 Å². The fourth-order valence-electron chi connectivity index (χ4n) is 2.69. The molecule has 0 fully saturated rings. The molecule has 0 aliphatic heterocycles. The fourth-order valence-corrected chi connectivity index (χ4v) is 2.69. The van der Waals surface area contributed by atoms with Gasteiger partial charge in [-0.25, -0.2) is 0 Å². The maximum absolute atomic E-state index is 5.79. The Morgan fingerprint density at radius 1 is 0.929 bits per heavy atom. The summed E-state index contributed by atoms with van der Waals surface area (Å²) in [5, 5.41) is 6.50. The number of guanidine groups is 1. The molecule has 0 aliphatic carbocycles. The predicted molar refractivity (Wildman–Crippen MR) is 111 cm³/mol. The fraction of sp³-hybridized carbons (Fsp3) is 0.381. The van der Waals surface area contributed by atoms with Gasteiger partial charge in [-0.05, 0) is 36.2 Å². The van der Waals surface area contributed by atoms with Gasteiger partial charge in [0.05, 0.1) is 27.9 Å². The molecule has 2 aromatic carbocycles. The first-order chi connectivity index (χ1) is 13.6. The molecule has 0 bridgehead atoms. The van der Waals surface area contributed by atoms with Crippen LogP contribution >= 0.6 is 0 Å². The van der Waals surface area contributed by atoms with E-state index in [1.54, 1.807) is 28.4 Å². The van der Waals surface area contributed by atoms with E-state index in [4.69, 9.17) is 18.9 Å². The van der Waals surface area contributed by atoms with Gasteiger partial charge in [0.15, 0.2) is 17.5 Å². The number of para-hydroxylation sites is 1. The Hall–Kier alpha value is -3.09. The normalized spacial score (nSPS) is 11.0. The van der Waals surface area contributed by atoms with Crippen LogP contribution in [0.5, 0.6) is 23.0 Å². The minimum Gasteiger partial charge on any atom is -0.493 e. The first kappa shape index (κ1) is 21.2. The summed E-state index contributed by atoms with van der Waals surface area (Å²) in [4.78, 5) is 4.24. The molecule has 0 unspecified atom stereocenters. The van der Waals surface area contributed by atoms with Crippen molar-refractivity contribution < 1.29 is 18.9 Å². The average Bonchev–Trinajstić information content (AvgIpc) is 2.73. The van der Waals surface area contributed by atoms with Gasteiger partial charge in [0.25, 0.3) is 0 Å². The first-order valence-corrected chi connectivity index (χ1v) is 9.04. The van der Waals surface area contributed by atoms with E-state index in [-0.39, 0.29) is 0 Å². The second kappa shape index (κ2) is 10.9. The molecule has 0 heterocycles. The van der Waals surface area contributed by atoms with Gasteiger partial charge in [0.2, 0.25) is 5.75 Å². The van der Waals surface area contributed by atoms with E-state index in [0.29, 0.717) is 42.9 Å². The average molecular weight is 387 g/mol. The summed E-state index contributed by atoms with van der Waals surface area (Å²) in [7, 11) is 6.52. The van der Waals surface area contributed by atoms with Crippen LogP contribution in [0.15, 0.2) is 41.4 Å². The summed E-state index contributed by atoms with van der Waals surface area (Å²) in [5.41, 5.74) is 2.10. The monoisotopic (exact) mass is 387 g/mol. The van der Waals surface area contributed by atoms with Crippen LogP contribution < -0.4 is 29.6 Å². The molecule has 0 atom stereocenters. The zero-order chi connectivity index (χ0) is 20.4. The van der Waals surface area contributed by atoms with Crippen molar-refractivity contribution in [3.8, 4) is 23.0 Å². The van der Waals surface area contributed by atoms with E-state index < -0.39 is 0 Å². The van der Waals surface area contributed by atoms with Gasteiger partial charge in [-0.3, -0.25) is 4.99 Å². The Balaban J connectivity index is 1.87. The topological polar surface area (TPSA) is 73.3 Å². The molecule has 0 spiro atoms. The highest BCUT2D eigenvalue weighted by atomic mass is 16.5. The first-order valence-electron chi connectivity index (χ1n) is 9.04. The van der Waals surface area contributed by atoms with Crippen molar-refractivity contribution >= 4 is 5.96 Å². The molecule has 2 aromatic rings. The van der Waals surface area contributed by atoms with Crippen LogP contribution in [0.25, 0.3) is 0 Å². The standard InChI is InChI=1S/C21H29N3O4/c1-15-8-6-7-9-17(15)28-11-10-23-21(22-2)24-14-16-12-18(25-3)20(27-5)19(13-16)26-4/h6-9,12-13H,10-11,14H2,1-5H3,(H2,22,23,24). The Kier molecular flexibility index (Phi) is 8.27. The number of hydrogen-bond acceptors (Lipinski definition) is 5. The van der Waals surface area contributed by atoms with E-state index >= 15 is 0 Å². The number of nitrogens with zero attached hydrogens (tertiary/aromatic N) is 1. The number of nitrogens with one attached hydrogen (secondary N) is 2. The maximum Gasteiger partial charge on any atom is 0.203 e. The highest BCUT2D eigenvalue weighted by Gasteiger charge is 2.13. The SMILES string of the molecule is CN=C(NCCOc1ccccc1C)NCc1cc(OC)c(OC)c(OC)c1. The minimum absolute atomic E-state index is 0.537. The van der Waals surface area contributed by atoms with Crippen LogP contribution in [0.3, 0.4) is 0 Å². The number of benzene rings is 2. The lowest BCUT2D eigenvalue weighted by Crippen LogP contribution is -2.38. The van der Waals surface area contributed by atoms with Crippen molar-refractivity contribution in [1.29, 1.82) is 0 Å². The Labute approximate surface area is 166 Å². The highest BCUT2D eigenvalue weighted by Crippen LogP contribution is 2.38. The van der Waals surface area contributed by atoms with Gasteiger partial charge in [0, 0.05) is 13.6 Å². The molecule has 28 heavy (non-hydrogen) atoms. The van der Waals surface area contributed by atoms with Crippen LogP contribution in [0.4, 0.5) is 0 Å². The number of aryl methyl sites for hydroxylation is 1. The van der Waals surface area contributed by atoms with Gasteiger partial charge < -0.3 is 29.6 Å². The molecule has 0 aromatic heterocycles. The van der Waals surface area contributed by atoms with Gasteiger partial charge >= 0.3 is 0 Å². The second-order valence-corrected chi connectivity index (χ2v) is 6.00. The number of rotatable bonds is 9. The van der Waals surface area contributed by atoms with E-state index in [0.717, 1.165) is 16.9 Å². The molecule has 0 saturated heterocycles. The maximum atomic E-state index is 5.79. The molecular formula is C21H29N3O4. The zero-order valence-electron chi connectivity index (χ0n) is 17.2. The molecule has 0 amide bonds. The zero-order valence-corrected chi connectivity index (χ0v) is 17.2. The summed E-state index contributed by atoms with van der Waals surface area (Å²) in [5.74, 6) is 3.39. The number of hydrogen-bond donors (Lipinski definition) is 2. The third-order valence-corrected chi connectivity index (χ3v) is 4.15. The second-order valence-electron chi connectivity index (χ2n) is 6.00. The van der Waals surface area contributed by atoms with Crippen molar-refractivity contribution in [3.63, 3.8) is 0 Å². The summed E-state index contributed by atoms with van der Waals surface area (Å²) >= 11 is 0. The third-order valence-electron chi connectivity index (χ3n) is 4.15. The molecule has 7 heteroatoms. The van der Waals surface area contributed by atoms with Crippen LogP contribution in [-0.2, 0) is 6.54 Å². The van der Waals surface area contributed by atoms with Crippen molar-refractivity contribution in [2.75, 3.05) is 41.5 Å². The summed E-state index contributed by atoms with van der Waals surface area (Å²) in [6.45, 7) is 3.74. The van der Waals surface area contributed by atoms with E-state index in [1.807, 2.05) is 43.3 Å². The predicted octanol–water partition coefficient (Wildman–Crippen LogP) is 2.76. The lowest BCUT2D eigenvalue weighted by atomic mass is 10.2. The largest absolute Gasteiger partial charge is 0.493 e. The number of aliphatic imine (C=N–C) groups is 1. The van der Waals surface area contributed by atoms with Crippen molar-refractivity contribution in [2.45, 2.75) is 13.5 Å². The smallest absolute Gasteiger partial charge is 0.203 e. The Morgan fingerprint density at radius 2 is 1.61 bits per heavy atom. The van der Waals surface area contributed by atoms with Crippen LogP contribution in [0.1, 0.15) is 11.1 Å². The van der Waals surface area contributed by atoms with Crippen molar-refractivity contribution in [1.82, 2.24) is 10.6 Å². The summed E-state index contributed by atoms with van der Waals surface area (Å²) in [6.07, 6.45) is 0. The number of ether oxygens (including phenoxy) is 4. The molecule has 2 rings (SSSR count). The molecule has 7 nitrogen and oxygen atoms in total. The molecular weight excluding hydrogens is 358 g/mol. The van der Waals surface area contributed by atoms with Crippen LogP contribution in [0, 0.1) is 6.92 Å². The Bertz CT molecular complexity index is 768. The van der Waals surface area contributed by atoms with Gasteiger partial charge in [-0.2, -0.15) is 0 Å². The molecule has 0 radical (unpaired) electrons. The van der Waals surface area contributed by atoms with E-state index in [1.165, 1.54) is 0 Å². The number of methoxy groups -OCH3 is 3. The molecule has 152 valence electrons. The lowest BCUT2D eigenvalue weighted by molar-refractivity contribution is 0.319. The molecule has 2 N–H and O–H groups in total. The van der Waals surface area contributed by atoms with Gasteiger partial charge in [-0.1, -0.05) is 18.2 Å². The quantitative estimate of drug-likeness (QED) is 0.392. The van der Waals surface area contributed by atoms with Crippen molar-refractivity contribution in [3.05, 3.63) is 47.5 Å². The minimum atomic E-state index is 0.537. The third kappa shape index (κ3) is 5.70. The van der Waals surface area contributed by atoms with E-state index in [9.17, 15) is 0 Å². The summed E-state index contributed by atoms with van der Waals surface area (Å²) < 4.78 is 21.9.